The third-order valence-electron chi connectivity index (χ3n) is 3.00. The van der Waals surface area contributed by atoms with E-state index in [9.17, 15) is 0 Å². The van der Waals surface area contributed by atoms with Crippen LogP contribution in [0.15, 0.2) is 11.6 Å². The predicted molar refractivity (Wildman–Crippen MR) is 58.7 cm³/mol. The molecule has 76 valence electrons. The number of unbranched alkanes of at least 4 members (excludes halogenated alkanes) is 2. The zero-order valence-corrected chi connectivity index (χ0v) is 9.10. The second-order valence-electron chi connectivity index (χ2n) is 4.30. The van der Waals surface area contributed by atoms with Crippen molar-refractivity contribution in [2.75, 3.05) is 0 Å². The number of allylic oxidation sites excluding steroid dienone is 1. The average molecular weight is 181 g/mol. The van der Waals surface area contributed by atoms with Crippen LogP contribution in [0.3, 0.4) is 0 Å². The van der Waals surface area contributed by atoms with Gasteiger partial charge in [0.1, 0.15) is 0 Å². The highest BCUT2D eigenvalue weighted by Gasteiger charge is 2.32. The number of rotatable bonds is 7. The molecule has 0 fully saturated rings. The maximum absolute atomic E-state index is 6.41. The van der Waals surface area contributed by atoms with Crippen molar-refractivity contribution in [3.8, 4) is 0 Å². The molecule has 0 saturated heterocycles. The Bertz CT molecular complexity index is 174. The summed E-state index contributed by atoms with van der Waals surface area (Å²) in [6, 6.07) is 0. The van der Waals surface area contributed by atoms with Gasteiger partial charge in [-0.1, -0.05) is 51.2 Å². The standard InChI is InChI=1S/C12H23N/c1-3-5-9-12(13,10-6-4-2)11-7-8-11/h7H,3-6,8-10,13H2,1-2H3. The molecule has 0 unspecified atom stereocenters. The second kappa shape index (κ2) is 4.80. The smallest absolute Gasteiger partial charge is 0.0371 e. The van der Waals surface area contributed by atoms with Crippen LogP contribution in [0.1, 0.15) is 58.8 Å². The van der Waals surface area contributed by atoms with Gasteiger partial charge in [0.05, 0.1) is 0 Å². The number of hydrogen-bond acceptors (Lipinski definition) is 1. The molecule has 0 aliphatic heterocycles. The quantitative estimate of drug-likeness (QED) is 0.599. The van der Waals surface area contributed by atoms with Crippen LogP contribution < -0.4 is 5.73 Å². The first kappa shape index (κ1) is 10.8. The lowest BCUT2D eigenvalue weighted by molar-refractivity contribution is 0.406. The fourth-order valence-electron chi connectivity index (χ4n) is 1.89. The molecule has 1 aliphatic carbocycles. The molecule has 0 aromatic heterocycles. The lowest BCUT2D eigenvalue weighted by Gasteiger charge is -2.27. The molecule has 13 heavy (non-hydrogen) atoms. The third kappa shape index (κ3) is 3.15. The molecule has 2 N–H and O–H groups in total. The van der Waals surface area contributed by atoms with Crippen LogP contribution >= 0.6 is 0 Å². The van der Waals surface area contributed by atoms with Crippen LogP contribution in [-0.4, -0.2) is 5.54 Å². The molecular weight excluding hydrogens is 158 g/mol. The fourth-order valence-corrected chi connectivity index (χ4v) is 1.89. The minimum atomic E-state index is 0.0754. The van der Waals surface area contributed by atoms with Gasteiger partial charge in [-0.15, -0.1) is 0 Å². The second-order valence-corrected chi connectivity index (χ2v) is 4.30. The minimum absolute atomic E-state index is 0.0754. The molecule has 0 bridgehead atoms. The van der Waals surface area contributed by atoms with Crippen molar-refractivity contribution in [2.45, 2.75) is 64.3 Å². The summed E-state index contributed by atoms with van der Waals surface area (Å²) in [6.45, 7) is 4.48. The van der Waals surface area contributed by atoms with Crippen LogP contribution in [0.5, 0.6) is 0 Å². The first-order chi connectivity index (χ1) is 6.23. The number of hydrogen-bond donors (Lipinski definition) is 1. The van der Waals surface area contributed by atoms with Crippen molar-refractivity contribution in [1.29, 1.82) is 0 Å². The summed E-state index contributed by atoms with van der Waals surface area (Å²) >= 11 is 0. The van der Waals surface area contributed by atoms with E-state index >= 15 is 0 Å². The SMILES string of the molecule is CCCCC(N)(CCCC)C1=CC1. The summed E-state index contributed by atoms with van der Waals surface area (Å²) in [5.74, 6) is 0. The van der Waals surface area contributed by atoms with E-state index in [4.69, 9.17) is 5.73 Å². The van der Waals surface area contributed by atoms with Crippen molar-refractivity contribution in [1.82, 2.24) is 0 Å². The van der Waals surface area contributed by atoms with E-state index in [1.54, 1.807) is 0 Å². The van der Waals surface area contributed by atoms with Gasteiger partial charge in [0.2, 0.25) is 0 Å². The van der Waals surface area contributed by atoms with Crippen molar-refractivity contribution in [3.05, 3.63) is 11.6 Å². The molecule has 1 nitrogen and oxygen atoms in total. The highest BCUT2D eigenvalue weighted by Crippen LogP contribution is 2.36. The van der Waals surface area contributed by atoms with Gasteiger partial charge < -0.3 is 5.73 Å². The molecule has 1 heteroatoms. The van der Waals surface area contributed by atoms with E-state index in [1.165, 1.54) is 50.5 Å². The Morgan fingerprint density at radius 2 is 1.69 bits per heavy atom. The van der Waals surface area contributed by atoms with Gasteiger partial charge in [-0.25, -0.2) is 0 Å². The summed E-state index contributed by atoms with van der Waals surface area (Å²) in [5, 5.41) is 0. The molecular formula is C12H23N. The summed E-state index contributed by atoms with van der Waals surface area (Å²) in [5.41, 5.74) is 8.01. The topological polar surface area (TPSA) is 26.0 Å². The lowest BCUT2D eigenvalue weighted by atomic mass is 9.85. The van der Waals surface area contributed by atoms with Gasteiger partial charge in [-0.05, 0) is 19.3 Å². The first-order valence-corrected chi connectivity index (χ1v) is 5.71. The molecule has 0 amide bonds. The Kier molecular flexibility index (Phi) is 3.98. The monoisotopic (exact) mass is 181 g/mol. The zero-order valence-electron chi connectivity index (χ0n) is 9.10. The van der Waals surface area contributed by atoms with E-state index in [0.29, 0.717) is 0 Å². The molecule has 0 aromatic rings. The van der Waals surface area contributed by atoms with Crippen molar-refractivity contribution in [2.24, 2.45) is 5.73 Å². The summed E-state index contributed by atoms with van der Waals surface area (Å²) in [7, 11) is 0. The Hall–Kier alpha value is -0.300. The zero-order chi connectivity index (χ0) is 9.73. The average Bonchev–Trinajstić information content (AvgIpc) is 2.94. The third-order valence-corrected chi connectivity index (χ3v) is 3.00. The maximum Gasteiger partial charge on any atom is 0.0371 e. The largest absolute Gasteiger partial charge is 0.322 e. The maximum atomic E-state index is 6.41. The van der Waals surface area contributed by atoms with Crippen LogP contribution in [0.25, 0.3) is 0 Å². The van der Waals surface area contributed by atoms with Gasteiger partial charge in [0.15, 0.2) is 0 Å². The summed E-state index contributed by atoms with van der Waals surface area (Å²) in [4.78, 5) is 0. The summed E-state index contributed by atoms with van der Waals surface area (Å²) < 4.78 is 0. The highest BCUT2D eigenvalue weighted by molar-refractivity contribution is 5.33. The van der Waals surface area contributed by atoms with Crippen molar-refractivity contribution < 1.29 is 0 Å². The van der Waals surface area contributed by atoms with Crippen LogP contribution in [-0.2, 0) is 0 Å². The molecule has 0 radical (unpaired) electrons. The van der Waals surface area contributed by atoms with E-state index in [2.05, 4.69) is 19.9 Å². The Morgan fingerprint density at radius 3 is 2.00 bits per heavy atom. The number of nitrogens with two attached hydrogens (primary N) is 1. The Morgan fingerprint density at radius 1 is 1.23 bits per heavy atom. The molecule has 0 aromatic carbocycles. The highest BCUT2D eigenvalue weighted by atomic mass is 14.8. The van der Waals surface area contributed by atoms with E-state index < -0.39 is 0 Å². The van der Waals surface area contributed by atoms with Crippen LogP contribution in [0.2, 0.25) is 0 Å². The molecule has 1 aliphatic rings. The van der Waals surface area contributed by atoms with E-state index in [-0.39, 0.29) is 5.54 Å². The lowest BCUT2D eigenvalue weighted by Crippen LogP contribution is -2.39. The minimum Gasteiger partial charge on any atom is -0.322 e. The molecule has 0 atom stereocenters. The van der Waals surface area contributed by atoms with Crippen LogP contribution in [0, 0.1) is 0 Å². The first-order valence-electron chi connectivity index (χ1n) is 5.71. The Labute approximate surface area is 82.4 Å². The molecule has 0 saturated carbocycles. The van der Waals surface area contributed by atoms with Gasteiger partial charge in [0.25, 0.3) is 0 Å². The normalized spacial score (nSPS) is 15.8. The van der Waals surface area contributed by atoms with Gasteiger partial charge >= 0.3 is 0 Å². The van der Waals surface area contributed by atoms with Crippen molar-refractivity contribution in [3.63, 3.8) is 0 Å². The van der Waals surface area contributed by atoms with Crippen LogP contribution in [0.4, 0.5) is 0 Å². The van der Waals surface area contributed by atoms with Gasteiger partial charge in [0, 0.05) is 5.54 Å². The van der Waals surface area contributed by atoms with E-state index in [0.717, 1.165) is 0 Å². The molecule has 1 rings (SSSR count). The summed E-state index contributed by atoms with van der Waals surface area (Å²) in [6.07, 6.45) is 10.9. The van der Waals surface area contributed by atoms with E-state index in [1.807, 2.05) is 0 Å². The fraction of sp³-hybridized carbons (Fsp3) is 0.833. The molecule has 0 spiro atoms. The predicted octanol–water partition coefficient (Wildman–Crippen LogP) is 3.39. The Balaban J connectivity index is 2.37. The van der Waals surface area contributed by atoms with Gasteiger partial charge in [-0.2, -0.15) is 0 Å². The van der Waals surface area contributed by atoms with Crippen molar-refractivity contribution >= 4 is 0 Å². The molecule has 0 heterocycles. The van der Waals surface area contributed by atoms with Gasteiger partial charge in [-0.3, -0.25) is 0 Å².